The SMILES string of the molecule is Nc1cc2cc(O)c(O)cc2oc1=O. The number of fused-ring (bicyclic) bond motifs is 1. The largest absolute Gasteiger partial charge is 0.504 e. The lowest BCUT2D eigenvalue weighted by molar-refractivity contribution is 0.403. The van der Waals surface area contributed by atoms with Crippen LogP contribution in [0.3, 0.4) is 0 Å². The van der Waals surface area contributed by atoms with E-state index in [-0.39, 0.29) is 22.8 Å². The summed E-state index contributed by atoms with van der Waals surface area (Å²) in [5.74, 6) is -0.629. The van der Waals surface area contributed by atoms with Gasteiger partial charge in [0.1, 0.15) is 11.3 Å². The van der Waals surface area contributed by atoms with Crippen LogP contribution in [0.4, 0.5) is 5.69 Å². The van der Waals surface area contributed by atoms with E-state index in [4.69, 9.17) is 20.4 Å². The molecule has 0 fully saturated rings. The van der Waals surface area contributed by atoms with Gasteiger partial charge in [0.15, 0.2) is 11.5 Å². The van der Waals surface area contributed by atoms with Gasteiger partial charge in [0.05, 0.1) is 0 Å². The summed E-state index contributed by atoms with van der Waals surface area (Å²) in [5, 5.41) is 18.8. The quantitative estimate of drug-likeness (QED) is 0.424. The zero-order valence-corrected chi connectivity index (χ0v) is 7.02. The Labute approximate surface area is 78.0 Å². The molecule has 2 aromatic rings. The van der Waals surface area contributed by atoms with Crippen LogP contribution in [-0.2, 0) is 0 Å². The van der Waals surface area contributed by atoms with Gasteiger partial charge in [-0.05, 0) is 12.1 Å². The normalized spacial score (nSPS) is 10.6. The third-order valence-corrected chi connectivity index (χ3v) is 1.86. The van der Waals surface area contributed by atoms with Gasteiger partial charge in [-0.3, -0.25) is 0 Å². The van der Waals surface area contributed by atoms with Crippen molar-refractivity contribution < 1.29 is 14.6 Å². The molecule has 0 saturated heterocycles. The van der Waals surface area contributed by atoms with Crippen LogP contribution in [0.25, 0.3) is 11.0 Å². The Balaban J connectivity index is 2.90. The molecule has 72 valence electrons. The first-order valence-electron chi connectivity index (χ1n) is 3.83. The van der Waals surface area contributed by atoms with Gasteiger partial charge in [-0.2, -0.15) is 0 Å². The summed E-state index contributed by atoms with van der Waals surface area (Å²) in [6.07, 6.45) is 0. The van der Waals surface area contributed by atoms with E-state index in [0.29, 0.717) is 5.39 Å². The first-order chi connectivity index (χ1) is 6.58. The summed E-state index contributed by atoms with van der Waals surface area (Å²) in [6.45, 7) is 0. The number of hydrogen-bond donors (Lipinski definition) is 3. The van der Waals surface area contributed by atoms with Gasteiger partial charge >= 0.3 is 5.63 Å². The highest BCUT2D eigenvalue weighted by Crippen LogP contribution is 2.29. The second-order valence-corrected chi connectivity index (χ2v) is 2.87. The summed E-state index contributed by atoms with van der Waals surface area (Å²) >= 11 is 0. The highest BCUT2D eigenvalue weighted by atomic mass is 16.4. The maximum Gasteiger partial charge on any atom is 0.359 e. The molecule has 1 aromatic carbocycles. The minimum atomic E-state index is -0.664. The monoisotopic (exact) mass is 193 g/mol. The van der Waals surface area contributed by atoms with Gasteiger partial charge in [-0.1, -0.05) is 0 Å². The lowest BCUT2D eigenvalue weighted by Gasteiger charge is -2.00. The Hall–Kier alpha value is -2.17. The van der Waals surface area contributed by atoms with E-state index in [1.54, 1.807) is 0 Å². The summed E-state index contributed by atoms with van der Waals surface area (Å²) in [6, 6.07) is 3.80. The number of nitrogens with two attached hydrogens (primary N) is 1. The first kappa shape index (κ1) is 8.43. The van der Waals surface area contributed by atoms with Crippen LogP contribution in [0.1, 0.15) is 0 Å². The summed E-state index contributed by atoms with van der Waals surface area (Å²) in [4.78, 5) is 11.0. The number of anilines is 1. The summed E-state index contributed by atoms with van der Waals surface area (Å²) in [5.41, 5.74) is 4.80. The molecule has 5 nitrogen and oxygen atoms in total. The fourth-order valence-corrected chi connectivity index (χ4v) is 1.16. The fourth-order valence-electron chi connectivity index (χ4n) is 1.16. The van der Waals surface area contributed by atoms with E-state index in [9.17, 15) is 4.79 Å². The number of phenols is 2. The number of aromatic hydroxyl groups is 2. The standard InChI is InChI=1S/C9H7NO4/c10-5-1-4-2-6(11)7(12)3-8(4)14-9(5)13/h1-3,11-12H,10H2. The lowest BCUT2D eigenvalue weighted by Crippen LogP contribution is -2.05. The summed E-state index contributed by atoms with van der Waals surface area (Å²) < 4.78 is 4.78. The Kier molecular flexibility index (Phi) is 1.60. The molecular weight excluding hydrogens is 186 g/mol. The average Bonchev–Trinajstić information content (AvgIpc) is 2.11. The van der Waals surface area contributed by atoms with Crippen molar-refractivity contribution >= 4 is 16.7 Å². The molecular formula is C9H7NO4. The van der Waals surface area contributed by atoms with Gasteiger partial charge in [0.25, 0.3) is 0 Å². The molecule has 0 bridgehead atoms. The smallest absolute Gasteiger partial charge is 0.359 e. The third kappa shape index (κ3) is 1.15. The molecule has 0 aliphatic heterocycles. The van der Waals surface area contributed by atoms with E-state index in [1.165, 1.54) is 12.1 Å². The number of rotatable bonds is 0. The van der Waals surface area contributed by atoms with Crippen molar-refractivity contribution in [1.29, 1.82) is 0 Å². The predicted molar refractivity (Wildman–Crippen MR) is 50.2 cm³/mol. The molecule has 0 radical (unpaired) electrons. The number of nitrogen functional groups attached to an aromatic ring is 1. The topological polar surface area (TPSA) is 96.7 Å². The summed E-state index contributed by atoms with van der Waals surface area (Å²) in [7, 11) is 0. The minimum absolute atomic E-state index is 0.0393. The minimum Gasteiger partial charge on any atom is -0.504 e. The number of phenolic OH excluding ortho intramolecular Hbond substituents is 2. The molecule has 2 rings (SSSR count). The van der Waals surface area contributed by atoms with E-state index >= 15 is 0 Å². The maximum absolute atomic E-state index is 11.0. The molecule has 0 aliphatic carbocycles. The van der Waals surface area contributed by atoms with Crippen molar-refractivity contribution in [3.8, 4) is 11.5 Å². The lowest BCUT2D eigenvalue weighted by atomic mass is 10.2. The van der Waals surface area contributed by atoms with Crippen molar-refractivity contribution in [3.05, 3.63) is 28.6 Å². The molecule has 0 amide bonds. The number of benzene rings is 1. The van der Waals surface area contributed by atoms with Crippen LogP contribution in [0.2, 0.25) is 0 Å². The zero-order valence-electron chi connectivity index (χ0n) is 7.02. The van der Waals surface area contributed by atoms with Gasteiger partial charge < -0.3 is 20.4 Å². The molecule has 0 aliphatic rings. The van der Waals surface area contributed by atoms with Crippen LogP contribution in [0.15, 0.2) is 27.4 Å². The average molecular weight is 193 g/mol. The van der Waals surface area contributed by atoms with Crippen LogP contribution in [-0.4, -0.2) is 10.2 Å². The molecule has 4 N–H and O–H groups in total. The maximum atomic E-state index is 11.0. The van der Waals surface area contributed by atoms with Crippen LogP contribution in [0, 0.1) is 0 Å². The van der Waals surface area contributed by atoms with Crippen molar-refractivity contribution in [1.82, 2.24) is 0 Å². The first-order valence-corrected chi connectivity index (χ1v) is 3.83. The molecule has 0 spiro atoms. The Morgan fingerprint density at radius 3 is 2.50 bits per heavy atom. The van der Waals surface area contributed by atoms with Crippen LogP contribution in [0.5, 0.6) is 11.5 Å². The predicted octanol–water partition coefficient (Wildman–Crippen LogP) is 0.786. The van der Waals surface area contributed by atoms with E-state index in [2.05, 4.69) is 0 Å². The van der Waals surface area contributed by atoms with Crippen molar-refractivity contribution in [2.75, 3.05) is 5.73 Å². The van der Waals surface area contributed by atoms with Crippen molar-refractivity contribution in [3.63, 3.8) is 0 Å². The molecule has 14 heavy (non-hydrogen) atoms. The number of hydrogen-bond acceptors (Lipinski definition) is 5. The van der Waals surface area contributed by atoms with E-state index in [0.717, 1.165) is 6.07 Å². The molecule has 0 atom stereocenters. The van der Waals surface area contributed by atoms with Crippen molar-refractivity contribution in [2.45, 2.75) is 0 Å². The van der Waals surface area contributed by atoms with Gasteiger partial charge in [-0.25, -0.2) is 4.79 Å². The van der Waals surface area contributed by atoms with E-state index < -0.39 is 5.63 Å². The Bertz CT molecular complexity index is 558. The second kappa shape index (κ2) is 2.66. The Morgan fingerprint density at radius 1 is 1.14 bits per heavy atom. The third-order valence-electron chi connectivity index (χ3n) is 1.86. The molecule has 5 heteroatoms. The zero-order chi connectivity index (χ0) is 10.3. The second-order valence-electron chi connectivity index (χ2n) is 2.87. The highest BCUT2D eigenvalue weighted by molar-refractivity contribution is 5.82. The molecule has 1 aromatic heterocycles. The van der Waals surface area contributed by atoms with Crippen LogP contribution < -0.4 is 11.4 Å². The highest BCUT2D eigenvalue weighted by Gasteiger charge is 2.06. The molecule has 0 unspecified atom stereocenters. The fraction of sp³-hybridized carbons (Fsp3) is 0. The van der Waals surface area contributed by atoms with Gasteiger partial charge in [-0.15, -0.1) is 0 Å². The van der Waals surface area contributed by atoms with E-state index in [1.807, 2.05) is 0 Å². The molecule has 1 heterocycles. The van der Waals surface area contributed by atoms with Crippen molar-refractivity contribution in [2.24, 2.45) is 0 Å². The van der Waals surface area contributed by atoms with Gasteiger partial charge in [0.2, 0.25) is 0 Å². The Morgan fingerprint density at radius 2 is 1.79 bits per heavy atom. The molecule has 0 saturated carbocycles. The van der Waals surface area contributed by atoms with Crippen LogP contribution >= 0.6 is 0 Å². The van der Waals surface area contributed by atoms with Gasteiger partial charge in [0, 0.05) is 11.5 Å².